The monoisotopic (exact) mass is 287 g/mol. The SMILES string of the molecule is Cn1nc2cccc(NC(=O)c3ccncc3Cl)c2n1. The van der Waals surface area contributed by atoms with Crippen LogP contribution in [0.2, 0.25) is 5.02 Å². The lowest BCUT2D eigenvalue weighted by Gasteiger charge is -2.06. The second-order valence-corrected chi connectivity index (χ2v) is 4.58. The molecular weight excluding hydrogens is 278 g/mol. The fourth-order valence-electron chi connectivity index (χ4n) is 1.89. The summed E-state index contributed by atoms with van der Waals surface area (Å²) >= 11 is 5.95. The molecule has 0 bridgehead atoms. The highest BCUT2D eigenvalue weighted by molar-refractivity contribution is 6.34. The smallest absolute Gasteiger partial charge is 0.257 e. The van der Waals surface area contributed by atoms with Crippen molar-refractivity contribution in [3.63, 3.8) is 0 Å². The Hall–Kier alpha value is -2.47. The van der Waals surface area contributed by atoms with Crippen LogP contribution in [0, 0.1) is 0 Å². The molecule has 1 amide bonds. The van der Waals surface area contributed by atoms with Gasteiger partial charge in [-0.1, -0.05) is 17.7 Å². The summed E-state index contributed by atoms with van der Waals surface area (Å²) in [5.74, 6) is -0.310. The molecule has 100 valence electrons. The van der Waals surface area contributed by atoms with Crippen molar-refractivity contribution >= 4 is 34.2 Å². The van der Waals surface area contributed by atoms with Gasteiger partial charge in [0.2, 0.25) is 0 Å². The number of nitrogens with one attached hydrogen (secondary N) is 1. The summed E-state index contributed by atoms with van der Waals surface area (Å²) in [6.45, 7) is 0. The zero-order valence-corrected chi connectivity index (χ0v) is 11.3. The van der Waals surface area contributed by atoms with Crippen LogP contribution in [0.5, 0.6) is 0 Å². The van der Waals surface area contributed by atoms with E-state index in [0.717, 1.165) is 0 Å². The number of carbonyl (C=O) groups excluding carboxylic acids is 1. The second kappa shape index (κ2) is 4.90. The molecular formula is C13H10ClN5O. The molecule has 0 radical (unpaired) electrons. The minimum atomic E-state index is -0.310. The number of amides is 1. The van der Waals surface area contributed by atoms with Crippen molar-refractivity contribution in [1.29, 1.82) is 0 Å². The number of benzene rings is 1. The summed E-state index contributed by atoms with van der Waals surface area (Å²) in [4.78, 5) is 17.5. The van der Waals surface area contributed by atoms with E-state index in [1.54, 1.807) is 25.2 Å². The lowest BCUT2D eigenvalue weighted by Crippen LogP contribution is -2.13. The molecule has 6 nitrogen and oxygen atoms in total. The Bertz CT molecular complexity index is 798. The third-order valence-corrected chi connectivity index (χ3v) is 3.08. The van der Waals surface area contributed by atoms with Gasteiger partial charge in [-0.3, -0.25) is 9.78 Å². The fourth-order valence-corrected chi connectivity index (χ4v) is 2.10. The molecule has 2 heterocycles. The molecule has 0 aliphatic heterocycles. The maximum absolute atomic E-state index is 12.2. The average Bonchev–Trinajstić information content (AvgIpc) is 2.80. The van der Waals surface area contributed by atoms with Crippen LogP contribution in [0.1, 0.15) is 10.4 Å². The van der Waals surface area contributed by atoms with Crippen molar-refractivity contribution in [2.75, 3.05) is 5.32 Å². The largest absolute Gasteiger partial charge is 0.320 e. The molecule has 0 aliphatic carbocycles. The minimum Gasteiger partial charge on any atom is -0.320 e. The number of nitrogens with zero attached hydrogens (tertiary/aromatic N) is 4. The van der Waals surface area contributed by atoms with Gasteiger partial charge in [0.05, 0.1) is 16.3 Å². The normalized spacial score (nSPS) is 10.7. The Morgan fingerprint density at radius 3 is 2.95 bits per heavy atom. The van der Waals surface area contributed by atoms with Gasteiger partial charge in [-0.25, -0.2) is 0 Å². The van der Waals surface area contributed by atoms with Crippen LogP contribution in [-0.4, -0.2) is 25.9 Å². The average molecular weight is 288 g/mol. The van der Waals surface area contributed by atoms with Crippen LogP contribution in [0.15, 0.2) is 36.7 Å². The molecule has 0 saturated heterocycles. The number of aryl methyl sites for hydroxylation is 1. The summed E-state index contributed by atoms with van der Waals surface area (Å²) in [5, 5.41) is 11.5. The zero-order valence-electron chi connectivity index (χ0n) is 10.5. The molecule has 0 fully saturated rings. The lowest BCUT2D eigenvalue weighted by atomic mass is 10.2. The molecule has 1 aromatic carbocycles. The number of anilines is 1. The number of rotatable bonds is 2. The Morgan fingerprint density at radius 1 is 1.30 bits per heavy atom. The van der Waals surface area contributed by atoms with Crippen LogP contribution < -0.4 is 5.32 Å². The first kappa shape index (κ1) is 12.6. The van der Waals surface area contributed by atoms with Gasteiger partial charge in [-0.15, -0.1) is 0 Å². The van der Waals surface area contributed by atoms with Crippen molar-refractivity contribution in [1.82, 2.24) is 20.0 Å². The van der Waals surface area contributed by atoms with Gasteiger partial charge in [0, 0.05) is 19.4 Å². The Morgan fingerprint density at radius 2 is 2.15 bits per heavy atom. The van der Waals surface area contributed by atoms with E-state index >= 15 is 0 Å². The first-order valence-corrected chi connectivity index (χ1v) is 6.24. The highest BCUT2D eigenvalue weighted by Gasteiger charge is 2.13. The summed E-state index contributed by atoms with van der Waals surface area (Å²) < 4.78 is 0. The summed E-state index contributed by atoms with van der Waals surface area (Å²) in [5.41, 5.74) is 2.30. The fraction of sp³-hybridized carbons (Fsp3) is 0.0769. The highest BCUT2D eigenvalue weighted by Crippen LogP contribution is 2.21. The summed E-state index contributed by atoms with van der Waals surface area (Å²) in [6.07, 6.45) is 2.95. The van der Waals surface area contributed by atoms with Gasteiger partial charge in [-0.05, 0) is 18.2 Å². The van der Waals surface area contributed by atoms with Crippen molar-refractivity contribution < 1.29 is 4.79 Å². The van der Waals surface area contributed by atoms with Crippen molar-refractivity contribution in [3.8, 4) is 0 Å². The topological polar surface area (TPSA) is 72.7 Å². The Balaban J connectivity index is 1.97. The van der Waals surface area contributed by atoms with E-state index in [2.05, 4.69) is 20.5 Å². The molecule has 7 heteroatoms. The molecule has 0 saturated carbocycles. The predicted molar refractivity (Wildman–Crippen MR) is 75.7 cm³/mol. The molecule has 2 aromatic heterocycles. The van der Waals surface area contributed by atoms with Crippen LogP contribution in [-0.2, 0) is 7.05 Å². The van der Waals surface area contributed by atoms with E-state index in [-0.39, 0.29) is 5.91 Å². The van der Waals surface area contributed by atoms with E-state index in [9.17, 15) is 4.79 Å². The predicted octanol–water partition coefficient (Wildman–Crippen LogP) is 2.27. The number of carbonyl (C=O) groups is 1. The first-order valence-electron chi connectivity index (χ1n) is 5.86. The van der Waals surface area contributed by atoms with Gasteiger partial charge in [-0.2, -0.15) is 15.0 Å². The zero-order chi connectivity index (χ0) is 14.1. The molecule has 3 aromatic rings. The molecule has 0 aliphatic rings. The van der Waals surface area contributed by atoms with E-state index in [0.29, 0.717) is 27.3 Å². The van der Waals surface area contributed by atoms with Gasteiger partial charge < -0.3 is 5.32 Å². The van der Waals surface area contributed by atoms with Crippen LogP contribution in [0.25, 0.3) is 11.0 Å². The quantitative estimate of drug-likeness (QED) is 0.785. The number of hydrogen-bond acceptors (Lipinski definition) is 4. The van der Waals surface area contributed by atoms with Gasteiger partial charge in [0.25, 0.3) is 5.91 Å². The number of halogens is 1. The third kappa shape index (κ3) is 2.21. The Kier molecular flexibility index (Phi) is 3.08. The third-order valence-electron chi connectivity index (χ3n) is 2.78. The number of fused-ring (bicyclic) bond motifs is 1. The summed E-state index contributed by atoms with van der Waals surface area (Å²) in [7, 11) is 1.73. The van der Waals surface area contributed by atoms with E-state index < -0.39 is 0 Å². The molecule has 0 spiro atoms. The van der Waals surface area contributed by atoms with E-state index in [1.165, 1.54) is 17.2 Å². The first-order chi connectivity index (χ1) is 9.65. The van der Waals surface area contributed by atoms with E-state index in [1.807, 2.05) is 6.07 Å². The molecule has 0 atom stereocenters. The number of aromatic nitrogens is 4. The van der Waals surface area contributed by atoms with Crippen LogP contribution >= 0.6 is 11.6 Å². The summed E-state index contributed by atoms with van der Waals surface area (Å²) in [6, 6.07) is 6.97. The maximum Gasteiger partial charge on any atom is 0.257 e. The Labute approximate surface area is 119 Å². The van der Waals surface area contributed by atoms with Crippen molar-refractivity contribution in [2.45, 2.75) is 0 Å². The highest BCUT2D eigenvalue weighted by atomic mass is 35.5. The van der Waals surface area contributed by atoms with Crippen LogP contribution in [0.3, 0.4) is 0 Å². The lowest BCUT2D eigenvalue weighted by molar-refractivity contribution is 0.102. The minimum absolute atomic E-state index is 0.302. The number of hydrogen-bond donors (Lipinski definition) is 1. The van der Waals surface area contributed by atoms with Crippen LogP contribution in [0.4, 0.5) is 5.69 Å². The number of pyridine rings is 1. The standard InChI is InChI=1S/C13H10ClN5O/c1-19-17-11-4-2-3-10(12(11)18-19)16-13(20)8-5-6-15-7-9(8)14/h2-7H,1H3,(H,16,20). The van der Waals surface area contributed by atoms with Gasteiger partial charge in [0.1, 0.15) is 11.0 Å². The van der Waals surface area contributed by atoms with Gasteiger partial charge >= 0.3 is 0 Å². The van der Waals surface area contributed by atoms with Gasteiger partial charge in [0.15, 0.2) is 0 Å². The molecule has 20 heavy (non-hydrogen) atoms. The van der Waals surface area contributed by atoms with Crippen molar-refractivity contribution in [3.05, 3.63) is 47.2 Å². The van der Waals surface area contributed by atoms with E-state index in [4.69, 9.17) is 11.6 Å². The van der Waals surface area contributed by atoms with Crippen molar-refractivity contribution in [2.24, 2.45) is 7.05 Å². The molecule has 3 rings (SSSR count). The molecule has 1 N–H and O–H groups in total. The second-order valence-electron chi connectivity index (χ2n) is 4.17. The molecule has 0 unspecified atom stereocenters. The maximum atomic E-state index is 12.2.